The summed E-state index contributed by atoms with van der Waals surface area (Å²) in [6.07, 6.45) is 19.8. The van der Waals surface area contributed by atoms with Gasteiger partial charge in [-0.1, -0.05) is 82.1 Å². The minimum atomic E-state index is -2.42. The standard InChI is InChI=1S/C28H43FN6O5P/c1-4-6-7-8-9-10-11-12-13-14-15-18-38-26(36)21(3)34-41(37)39-19-28(5-2)17-16-22(40-28)35-20-31-23-24(30)32-27(29)33-25(23)35/h2,20-22H,4,6-19H2,1,3H3,(H,34,37)(H2,30,32,33)/q+1/t21-,22+,28-/m0/s1. The van der Waals surface area contributed by atoms with Crippen LogP contribution in [0.25, 0.3) is 11.2 Å². The van der Waals surface area contributed by atoms with Gasteiger partial charge in [-0.2, -0.15) is 14.4 Å². The Morgan fingerprint density at radius 1 is 1.24 bits per heavy atom. The number of nitrogens with one attached hydrogen (secondary N) is 1. The molecule has 1 aliphatic rings. The Labute approximate surface area is 242 Å². The molecular weight excluding hydrogens is 550 g/mol. The summed E-state index contributed by atoms with van der Waals surface area (Å²) >= 11 is 0. The number of imidazole rings is 1. The van der Waals surface area contributed by atoms with E-state index in [-0.39, 0.29) is 23.6 Å². The maximum Gasteiger partial charge on any atom is 0.613 e. The predicted molar refractivity (Wildman–Crippen MR) is 154 cm³/mol. The molecule has 2 aromatic heterocycles. The van der Waals surface area contributed by atoms with Crippen LogP contribution in [-0.2, 0) is 23.4 Å². The highest BCUT2D eigenvalue weighted by atomic mass is 31.1. The molecule has 0 spiro atoms. The molecule has 41 heavy (non-hydrogen) atoms. The second kappa shape index (κ2) is 16.7. The lowest BCUT2D eigenvalue weighted by Crippen LogP contribution is -2.34. The van der Waals surface area contributed by atoms with E-state index in [1.807, 2.05) is 0 Å². The third kappa shape index (κ3) is 9.96. The lowest BCUT2D eigenvalue weighted by molar-refractivity contribution is -0.145. The van der Waals surface area contributed by atoms with E-state index >= 15 is 0 Å². The molecule has 1 unspecified atom stereocenters. The number of terminal acetylenes is 1. The Kier molecular flexibility index (Phi) is 13.3. The fourth-order valence-corrected chi connectivity index (χ4v) is 5.60. The van der Waals surface area contributed by atoms with Gasteiger partial charge in [-0.25, -0.2) is 4.98 Å². The highest BCUT2D eigenvalue weighted by Crippen LogP contribution is 2.39. The first-order chi connectivity index (χ1) is 19.8. The molecule has 1 saturated heterocycles. The Balaban J connectivity index is 1.32. The number of carbonyl (C=O) groups excluding carboxylic acids is 1. The smallest absolute Gasteiger partial charge is 0.464 e. The summed E-state index contributed by atoms with van der Waals surface area (Å²) in [4.78, 5) is 23.7. The van der Waals surface area contributed by atoms with Crippen LogP contribution in [0.2, 0.25) is 0 Å². The van der Waals surface area contributed by atoms with Crippen LogP contribution < -0.4 is 10.8 Å². The van der Waals surface area contributed by atoms with Crippen molar-refractivity contribution in [1.82, 2.24) is 24.6 Å². The number of hydrogen-bond acceptors (Lipinski definition) is 9. The lowest BCUT2D eigenvalue weighted by atomic mass is 10.0. The van der Waals surface area contributed by atoms with Gasteiger partial charge in [0.2, 0.25) is 0 Å². The molecule has 3 heterocycles. The summed E-state index contributed by atoms with van der Waals surface area (Å²) in [5, 5.41) is 2.61. The molecule has 1 fully saturated rings. The fourth-order valence-electron chi connectivity index (χ4n) is 4.78. The molecule has 13 heteroatoms. The van der Waals surface area contributed by atoms with E-state index in [4.69, 9.17) is 26.2 Å². The van der Waals surface area contributed by atoms with E-state index in [2.05, 4.69) is 32.9 Å². The van der Waals surface area contributed by atoms with Crippen molar-refractivity contribution in [3.05, 3.63) is 12.4 Å². The van der Waals surface area contributed by atoms with E-state index in [0.717, 1.165) is 19.3 Å². The van der Waals surface area contributed by atoms with Crippen molar-refractivity contribution < 1.29 is 27.7 Å². The van der Waals surface area contributed by atoms with Crippen LogP contribution in [0.5, 0.6) is 0 Å². The van der Waals surface area contributed by atoms with Gasteiger partial charge < -0.3 is 15.2 Å². The number of nitrogens with two attached hydrogens (primary N) is 1. The van der Waals surface area contributed by atoms with Gasteiger partial charge in [0.05, 0.1) is 12.9 Å². The van der Waals surface area contributed by atoms with Gasteiger partial charge in [0.25, 0.3) is 0 Å². The number of unbranched alkanes of at least 4 members (excludes halogenated alkanes) is 10. The van der Waals surface area contributed by atoms with Gasteiger partial charge in [-0.3, -0.25) is 9.36 Å². The summed E-state index contributed by atoms with van der Waals surface area (Å²) in [6, 6.07) is -0.817. The molecule has 1 aliphatic heterocycles. The minimum Gasteiger partial charge on any atom is -0.464 e. The van der Waals surface area contributed by atoms with Gasteiger partial charge >= 0.3 is 20.2 Å². The molecule has 11 nitrogen and oxygen atoms in total. The molecule has 0 aromatic carbocycles. The monoisotopic (exact) mass is 593 g/mol. The fraction of sp³-hybridized carbons (Fsp3) is 0.714. The molecule has 0 saturated carbocycles. The summed E-state index contributed by atoms with van der Waals surface area (Å²) in [5.41, 5.74) is 4.99. The molecule has 4 atom stereocenters. The van der Waals surface area contributed by atoms with Crippen molar-refractivity contribution >= 4 is 31.1 Å². The molecule has 0 radical (unpaired) electrons. The maximum atomic E-state index is 13.7. The van der Waals surface area contributed by atoms with E-state index in [1.54, 1.807) is 6.92 Å². The number of halogens is 1. The van der Waals surface area contributed by atoms with Crippen LogP contribution >= 0.6 is 8.18 Å². The summed E-state index contributed by atoms with van der Waals surface area (Å²) in [7, 11) is -2.42. The van der Waals surface area contributed by atoms with Crippen LogP contribution in [0.1, 0.15) is 104 Å². The number of nitrogens with zero attached hydrogens (tertiary/aromatic N) is 4. The molecular formula is C28H43FN6O5P+. The number of carbonyl (C=O) groups is 1. The van der Waals surface area contributed by atoms with Crippen LogP contribution in [0.3, 0.4) is 0 Å². The highest BCUT2D eigenvalue weighted by Gasteiger charge is 2.43. The zero-order valence-corrected chi connectivity index (χ0v) is 25.0. The molecule has 0 amide bonds. The van der Waals surface area contributed by atoms with Crippen molar-refractivity contribution in [2.75, 3.05) is 18.9 Å². The van der Waals surface area contributed by atoms with Crippen molar-refractivity contribution in [2.45, 2.75) is 115 Å². The number of ether oxygens (including phenoxy) is 2. The van der Waals surface area contributed by atoms with Gasteiger partial charge in [-0.05, 0) is 30.8 Å². The minimum absolute atomic E-state index is 0.0784. The average molecular weight is 594 g/mol. The lowest BCUT2D eigenvalue weighted by Gasteiger charge is -2.21. The van der Waals surface area contributed by atoms with E-state index in [1.165, 1.54) is 62.3 Å². The number of nitrogen functional groups attached to an aromatic ring is 1. The number of fused-ring (bicyclic) bond motifs is 1. The van der Waals surface area contributed by atoms with E-state index < -0.39 is 38.1 Å². The first-order valence-electron chi connectivity index (χ1n) is 14.6. The number of anilines is 1. The maximum absolute atomic E-state index is 13.7. The first kappa shape index (κ1) is 32.8. The first-order valence-corrected chi connectivity index (χ1v) is 15.8. The predicted octanol–water partition coefficient (Wildman–Crippen LogP) is 5.73. The summed E-state index contributed by atoms with van der Waals surface area (Å²) in [5.74, 6) is 2.01. The average Bonchev–Trinajstić information content (AvgIpc) is 3.57. The van der Waals surface area contributed by atoms with Gasteiger partial charge in [0.1, 0.15) is 18.9 Å². The third-order valence-electron chi connectivity index (χ3n) is 7.21. The topological polar surface area (TPSA) is 143 Å². The van der Waals surface area contributed by atoms with Gasteiger partial charge in [0.15, 0.2) is 22.6 Å². The van der Waals surface area contributed by atoms with Crippen LogP contribution in [0, 0.1) is 18.4 Å². The molecule has 0 aliphatic carbocycles. The quantitative estimate of drug-likeness (QED) is 0.0681. The number of rotatable bonds is 19. The van der Waals surface area contributed by atoms with E-state index in [0.29, 0.717) is 19.4 Å². The number of hydrogen-bond donors (Lipinski definition) is 2. The van der Waals surface area contributed by atoms with Crippen molar-refractivity contribution in [1.29, 1.82) is 0 Å². The van der Waals surface area contributed by atoms with E-state index in [9.17, 15) is 13.8 Å². The van der Waals surface area contributed by atoms with Crippen molar-refractivity contribution in [2.24, 2.45) is 0 Å². The SMILES string of the molecule is C#C[C@@]1(CO[P+](=O)N[C@@H](C)C(=O)OCCCCCCCCCCCCC)CC[C@H](n2cnc3c(N)nc(F)nc32)O1. The molecule has 3 rings (SSSR count). The molecule has 226 valence electrons. The largest absolute Gasteiger partial charge is 0.613 e. The Hall–Kier alpha value is -2.71. The van der Waals surface area contributed by atoms with Gasteiger partial charge in [0, 0.05) is 0 Å². The Morgan fingerprint density at radius 3 is 2.56 bits per heavy atom. The van der Waals surface area contributed by atoms with Crippen LogP contribution in [0.15, 0.2) is 6.33 Å². The molecule has 3 N–H and O–H groups in total. The zero-order chi connectivity index (χ0) is 29.7. The number of aromatic nitrogens is 4. The highest BCUT2D eigenvalue weighted by molar-refractivity contribution is 7.36. The second-order valence-corrected chi connectivity index (χ2v) is 11.6. The number of esters is 1. The normalized spacial score (nSPS) is 19.8. The Bertz CT molecular complexity index is 1190. The summed E-state index contributed by atoms with van der Waals surface area (Å²) < 4.78 is 44.6. The van der Waals surface area contributed by atoms with Crippen molar-refractivity contribution in [3.8, 4) is 12.3 Å². The van der Waals surface area contributed by atoms with Crippen LogP contribution in [0.4, 0.5) is 10.2 Å². The molecule has 0 bridgehead atoms. The zero-order valence-electron chi connectivity index (χ0n) is 24.1. The Morgan fingerprint density at radius 2 is 1.90 bits per heavy atom. The second-order valence-electron chi connectivity index (χ2n) is 10.5. The summed E-state index contributed by atoms with van der Waals surface area (Å²) in [6.45, 7) is 3.95. The van der Waals surface area contributed by atoms with Crippen LogP contribution in [-0.4, -0.2) is 50.3 Å². The third-order valence-corrected chi connectivity index (χ3v) is 8.17. The van der Waals surface area contributed by atoms with Crippen molar-refractivity contribution in [3.63, 3.8) is 0 Å². The molecule has 2 aromatic rings. The van der Waals surface area contributed by atoms with Gasteiger partial charge in [-0.15, -0.1) is 10.9 Å².